The largest absolute Gasteiger partial charge is 0.497 e. The van der Waals surface area contributed by atoms with Crippen LogP contribution < -0.4 is 14.8 Å². The van der Waals surface area contributed by atoms with E-state index in [0.29, 0.717) is 12.3 Å². The summed E-state index contributed by atoms with van der Waals surface area (Å²) in [6, 6.07) is 15.2. The number of carbonyl (C=O) groups excluding carboxylic acids is 3. The molecule has 39 heavy (non-hydrogen) atoms. The van der Waals surface area contributed by atoms with E-state index in [1.54, 1.807) is 34.1 Å². The number of methoxy groups -OCH3 is 1. The van der Waals surface area contributed by atoms with Gasteiger partial charge in [0.25, 0.3) is 0 Å². The lowest BCUT2D eigenvalue weighted by Gasteiger charge is -2.31. The van der Waals surface area contributed by atoms with E-state index in [1.165, 1.54) is 4.90 Å². The second kappa shape index (κ2) is 11.7. The lowest BCUT2D eigenvalue weighted by molar-refractivity contribution is -0.137. The number of carbonyl (C=O) groups is 3. The molecule has 0 saturated carbocycles. The number of amides is 2. The van der Waals surface area contributed by atoms with Crippen LogP contribution >= 0.6 is 0 Å². The fourth-order valence-corrected chi connectivity index (χ4v) is 4.76. The lowest BCUT2D eigenvalue weighted by atomic mass is 9.92. The maximum Gasteiger partial charge on any atom is 0.408 e. The van der Waals surface area contributed by atoms with Crippen LogP contribution in [0.25, 0.3) is 10.8 Å². The molecule has 4 atom stereocenters. The van der Waals surface area contributed by atoms with Crippen molar-refractivity contribution >= 4 is 29.1 Å². The van der Waals surface area contributed by atoms with Gasteiger partial charge < -0.3 is 29.2 Å². The van der Waals surface area contributed by atoms with Crippen molar-refractivity contribution in [2.24, 2.45) is 0 Å². The molecule has 4 rings (SSSR count). The normalized spacial score (nSPS) is 18.7. The summed E-state index contributed by atoms with van der Waals surface area (Å²) < 4.78 is 17.0. The molecule has 0 spiro atoms. The van der Waals surface area contributed by atoms with Gasteiger partial charge in [0.2, 0.25) is 11.8 Å². The van der Waals surface area contributed by atoms with Gasteiger partial charge >= 0.3 is 6.09 Å². The first-order chi connectivity index (χ1) is 18.6. The molecule has 1 aliphatic heterocycles. The fourth-order valence-electron chi connectivity index (χ4n) is 4.76. The maximum absolute atomic E-state index is 13.9. The topological polar surface area (TPSA) is 107 Å². The van der Waals surface area contributed by atoms with Gasteiger partial charge in [-0.3, -0.25) is 4.79 Å². The Morgan fingerprint density at radius 2 is 1.87 bits per heavy atom. The predicted octanol–water partition coefficient (Wildman–Crippen LogP) is 4.49. The van der Waals surface area contributed by atoms with Crippen LogP contribution in [0, 0.1) is 0 Å². The molecule has 1 saturated heterocycles. The number of fused-ring (bicyclic) bond motifs is 1. The van der Waals surface area contributed by atoms with Crippen molar-refractivity contribution in [3.8, 4) is 11.6 Å². The Labute approximate surface area is 228 Å². The Morgan fingerprint density at radius 1 is 1.13 bits per heavy atom. The second-order valence-electron chi connectivity index (χ2n) is 10.7. The molecule has 0 bridgehead atoms. The third kappa shape index (κ3) is 6.66. The van der Waals surface area contributed by atoms with Crippen molar-refractivity contribution < 1.29 is 28.6 Å². The van der Waals surface area contributed by atoms with Gasteiger partial charge in [-0.1, -0.05) is 37.3 Å². The molecule has 1 fully saturated rings. The quantitative estimate of drug-likeness (QED) is 0.425. The fraction of sp³-hybridized carbons (Fsp3) is 0.400. The smallest absolute Gasteiger partial charge is 0.408 e. The standard InChI is InChI=1S/C30H35N3O6/c1-19(20-9-7-6-8-10-20)26(32-29(36)39-30(2,3)4)28(35)33-17-24(16-22(33)18-34)38-27-25-12-11-23(37-5)15-21(25)13-14-31-27/h6-15,18-19,22,24,26H,16-17H2,1-5H3,(H,32,36)/t19?,22-,24+,26?/m0/s1. The molecule has 9 nitrogen and oxygen atoms in total. The van der Waals surface area contributed by atoms with Crippen molar-refractivity contribution in [1.29, 1.82) is 0 Å². The molecule has 206 valence electrons. The Balaban J connectivity index is 1.56. The van der Waals surface area contributed by atoms with Crippen molar-refractivity contribution in [3.05, 3.63) is 66.4 Å². The minimum absolute atomic E-state index is 0.171. The molecule has 1 N–H and O–H groups in total. The zero-order valence-corrected chi connectivity index (χ0v) is 22.9. The molecule has 2 heterocycles. The summed E-state index contributed by atoms with van der Waals surface area (Å²) in [5, 5.41) is 4.46. The first kappa shape index (κ1) is 27.9. The number of alkyl carbamates (subject to hydrolysis) is 1. The highest BCUT2D eigenvalue weighted by Crippen LogP contribution is 2.31. The molecule has 3 aromatic rings. The van der Waals surface area contributed by atoms with E-state index in [4.69, 9.17) is 14.2 Å². The summed E-state index contributed by atoms with van der Waals surface area (Å²) in [5.74, 6) is 0.374. The zero-order valence-electron chi connectivity index (χ0n) is 22.9. The van der Waals surface area contributed by atoms with E-state index in [2.05, 4.69) is 10.3 Å². The lowest BCUT2D eigenvalue weighted by Crippen LogP contribution is -2.53. The maximum atomic E-state index is 13.9. The molecular formula is C30H35N3O6. The van der Waals surface area contributed by atoms with Gasteiger partial charge in [-0.2, -0.15) is 0 Å². The van der Waals surface area contributed by atoms with E-state index >= 15 is 0 Å². The SMILES string of the molecule is COc1ccc2c(O[C@@H]3C[C@@H](C=O)N(C(=O)C(NC(=O)OC(C)(C)C)C(C)c4ccccc4)C3)nccc2c1. The predicted molar refractivity (Wildman–Crippen MR) is 147 cm³/mol. The first-order valence-corrected chi connectivity index (χ1v) is 13.0. The van der Waals surface area contributed by atoms with Crippen molar-refractivity contribution in [2.75, 3.05) is 13.7 Å². The Kier molecular flexibility index (Phi) is 8.38. The van der Waals surface area contributed by atoms with E-state index in [1.807, 2.05) is 61.5 Å². The average molecular weight is 534 g/mol. The van der Waals surface area contributed by atoms with Gasteiger partial charge in [-0.05, 0) is 56.0 Å². The van der Waals surface area contributed by atoms with Crippen LogP contribution in [0.2, 0.25) is 0 Å². The number of ether oxygens (including phenoxy) is 3. The van der Waals surface area contributed by atoms with Crippen molar-refractivity contribution in [3.63, 3.8) is 0 Å². The molecule has 2 aromatic carbocycles. The molecule has 2 unspecified atom stereocenters. The van der Waals surface area contributed by atoms with Gasteiger partial charge in [0.15, 0.2) is 0 Å². The van der Waals surface area contributed by atoms with E-state index in [0.717, 1.165) is 28.4 Å². The number of hydrogen-bond donors (Lipinski definition) is 1. The van der Waals surface area contributed by atoms with Gasteiger partial charge in [0.1, 0.15) is 29.8 Å². The molecule has 1 aliphatic rings. The third-order valence-electron chi connectivity index (χ3n) is 6.72. The number of aromatic nitrogens is 1. The zero-order chi connectivity index (χ0) is 28.2. The number of nitrogens with one attached hydrogen (secondary N) is 1. The summed E-state index contributed by atoms with van der Waals surface area (Å²) >= 11 is 0. The number of pyridine rings is 1. The monoisotopic (exact) mass is 533 g/mol. The number of hydrogen-bond acceptors (Lipinski definition) is 7. The molecule has 9 heteroatoms. The number of nitrogens with zero attached hydrogens (tertiary/aromatic N) is 2. The van der Waals surface area contributed by atoms with Crippen LogP contribution in [0.1, 0.15) is 45.6 Å². The number of benzene rings is 2. The summed E-state index contributed by atoms with van der Waals surface area (Å²) in [4.78, 5) is 44.6. The molecule has 1 aromatic heterocycles. The number of likely N-dealkylation sites (tertiary alicyclic amines) is 1. The van der Waals surface area contributed by atoms with Crippen LogP contribution in [0.4, 0.5) is 4.79 Å². The van der Waals surface area contributed by atoms with Crippen LogP contribution in [-0.4, -0.2) is 65.6 Å². The minimum atomic E-state index is -0.952. The summed E-state index contributed by atoms with van der Waals surface area (Å²) in [7, 11) is 1.60. The highest BCUT2D eigenvalue weighted by atomic mass is 16.6. The van der Waals surface area contributed by atoms with Crippen LogP contribution in [0.3, 0.4) is 0 Å². The van der Waals surface area contributed by atoms with Crippen LogP contribution in [0.15, 0.2) is 60.8 Å². The van der Waals surface area contributed by atoms with Gasteiger partial charge in [0.05, 0.1) is 19.7 Å². The summed E-state index contributed by atoms with van der Waals surface area (Å²) in [6.45, 7) is 7.30. The van der Waals surface area contributed by atoms with E-state index in [9.17, 15) is 14.4 Å². The minimum Gasteiger partial charge on any atom is -0.497 e. The average Bonchev–Trinajstić information content (AvgIpc) is 3.33. The number of aldehydes is 1. The number of rotatable bonds is 8. The van der Waals surface area contributed by atoms with Gasteiger partial charge in [-0.15, -0.1) is 0 Å². The molecule has 0 aliphatic carbocycles. The van der Waals surface area contributed by atoms with Gasteiger partial charge in [0, 0.05) is 23.9 Å². The summed E-state index contributed by atoms with van der Waals surface area (Å²) in [6.07, 6.45) is 1.55. The Hall–Kier alpha value is -4.14. The second-order valence-corrected chi connectivity index (χ2v) is 10.7. The molecular weight excluding hydrogens is 498 g/mol. The van der Waals surface area contributed by atoms with Crippen LogP contribution in [-0.2, 0) is 14.3 Å². The molecule has 0 radical (unpaired) electrons. The first-order valence-electron chi connectivity index (χ1n) is 13.0. The Morgan fingerprint density at radius 3 is 2.54 bits per heavy atom. The third-order valence-corrected chi connectivity index (χ3v) is 6.72. The van der Waals surface area contributed by atoms with Gasteiger partial charge in [-0.25, -0.2) is 9.78 Å². The van der Waals surface area contributed by atoms with Crippen molar-refractivity contribution in [1.82, 2.24) is 15.2 Å². The highest BCUT2D eigenvalue weighted by Gasteiger charge is 2.42. The summed E-state index contributed by atoms with van der Waals surface area (Å²) in [5.41, 5.74) is 0.137. The highest BCUT2D eigenvalue weighted by molar-refractivity contribution is 5.89. The molecule has 2 amide bonds. The Bertz CT molecular complexity index is 1320. The van der Waals surface area contributed by atoms with Crippen molar-refractivity contribution in [2.45, 2.75) is 63.8 Å². The van der Waals surface area contributed by atoms with Crippen LogP contribution in [0.5, 0.6) is 11.6 Å². The van der Waals surface area contributed by atoms with E-state index < -0.39 is 29.9 Å². The van der Waals surface area contributed by atoms with E-state index in [-0.39, 0.29) is 18.4 Å².